The maximum Gasteiger partial charge on any atom is 0.472 e. The second-order valence-electron chi connectivity index (χ2n) is 24.9. The third-order valence-corrected chi connectivity index (χ3v) is 18.0. The first kappa shape index (κ1) is 86.1. The number of carbonyl (C=O) groups excluding carboxylic acids is 4. The fourth-order valence-corrected chi connectivity index (χ4v) is 12.1. The summed E-state index contributed by atoms with van der Waals surface area (Å²) in [5.74, 6) is -2.12. The molecule has 0 aromatic carbocycles. The Hall–Kier alpha value is -1.94. The highest BCUT2D eigenvalue weighted by molar-refractivity contribution is 7.47. The molecule has 0 heterocycles. The van der Waals surface area contributed by atoms with Crippen LogP contribution < -0.4 is 0 Å². The first-order chi connectivity index (χ1) is 42.7. The lowest BCUT2D eigenvalue weighted by Crippen LogP contribution is -2.30. The molecule has 3 N–H and O–H groups in total. The highest BCUT2D eigenvalue weighted by Gasteiger charge is 2.30. The maximum atomic E-state index is 13.0. The van der Waals surface area contributed by atoms with E-state index in [-0.39, 0.29) is 25.7 Å². The van der Waals surface area contributed by atoms with E-state index in [1.54, 1.807) is 0 Å². The molecule has 2 unspecified atom stereocenters. The van der Waals surface area contributed by atoms with Gasteiger partial charge in [-0.2, -0.15) is 0 Å². The Morgan fingerprint density at radius 3 is 0.670 bits per heavy atom. The normalized spacial score (nSPS) is 14.0. The van der Waals surface area contributed by atoms with Gasteiger partial charge in [0.05, 0.1) is 26.4 Å². The van der Waals surface area contributed by atoms with Crippen LogP contribution in [0.5, 0.6) is 0 Å². The highest BCUT2D eigenvalue weighted by atomic mass is 31.2. The topological polar surface area (TPSA) is 237 Å². The number of ether oxygens (including phenoxy) is 4. The van der Waals surface area contributed by atoms with E-state index in [0.29, 0.717) is 25.7 Å². The van der Waals surface area contributed by atoms with Gasteiger partial charge in [0.2, 0.25) is 0 Å². The number of esters is 4. The van der Waals surface area contributed by atoms with Gasteiger partial charge in [0.15, 0.2) is 12.2 Å². The summed E-state index contributed by atoms with van der Waals surface area (Å²) in [5, 5.41) is 10.6. The molecular formula is C69H134O17P2. The van der Waals surface area contributed by atoms with Crippen LogP contribution in [0.3, 0.4) is 0 Å². The number of aliphatic hydroxyl groups is 1. The molecule has 17 nitrogen and oxygen atoms in total. The van der Waals surface area contributed by atoms with Gasteiger partial charge in [-0.25, -0.2) is 9.13 Å². The number of phosphoric acid groups is 2. The molecule has 0 radical (unpaired) electrons. The maximum absolute atomic E-state index is 13.0. The van der Waals surface area contributed by atoms with Crippen molar-refractivity contribution in [2.24, 2.45) is 0 Å². The van der Waals surface area contributed by atoms with Gasteiger partial charge in [-0.15, -0.1) is 0 Å². The van der Waals surface area contributed by atoms with E-state index < -0.39 is 97.5 Å². The Balaban J connectivity index is 5.22. The summed E-state index contributed by atoms with van der Waals surface area (Å²) < 4.78 is 68.2. The van der Waals surface area contributed by atoms with E-state index >= 15 is 0 Å². The monoisotopic (exact) mass is 1300 g/mol. The lowest BCUT2D eigenvalue weighted by atomic mass is 10.0. The third-order valence-electron chi connectivity index (χ3n) is 16.1. The van der Waals surface area contributed by atoms with Gasteiger partial charge in [-0.05, 0) is 25.7 Å². The average molecular weight is 1300 g/mol. The minimum atomic E-state index is -4.95. The summed E-state index contributed by atoms with van der Waals surface area (Å²) in [7, 11) is -9.89. The van der Waals surface area contributed by atoms with Gasteiger partial charge < -0.3 is 33.8 Å². The molecule has 0 aliphatic rings. The molecule has 0 bridgehead atoms. The quantitative estimate of drug-likeness (QED) is 0.0222. The van der Waals surface area contributed by atoms with Crippen molar-refractivity contribution in [2.75, 3.05) is 39.6 Å². The molecule has 0 aromatic heterocycles. The lowest BCUT2D eigenvalue weighted by molar-refractivity contribution is -0.161. The van der Waals surface area contributed by atoms with Crippen molar-refractivity contribution in [1.29, 1.82) is 0 Å². The summed E-state index contributed by atoms with van der Waals surface area (Å²) in [6, 6.07) is 0. The molecule has 0 amide bonds. The summed E-state index contributed by atoms with van der Waals surface area (Å²) in [6.45, 7) is 4.92. The molecule has 0 saturated heterocycles. The van der Waals surface area contributed by atoms with Gasteiger partial charge in [0, 0.05) is 25.7 Å². The van der Waals surface area contributed by atoms with E-state index in [4.69, 9.17) is 37.0 Å². The Kier molecular flexibility index (Phi) is 62.4. The minimum Gasteiger partial charge on any atom is -0.462 e. The van der Waals surface area contributed by atoms with Crippen LogP contribution in [0.1, 0.15) is 362 Å². The largest absolute Gasteiger partial charge is 0.472 e. The van der Waals surface area contributed by atoms with Crippen LogP contribution in [0, 0.1) is 0 Å². The lowest BCUT2D eigenvalue weighted by Gasteiger charge is -2.21. The zero-order chi connectivity index (χ0) is 64.7. The second-order valence-corrected chi connectivity index (χ2v) is 27.8. The van der Waals surface area contributed by atoms with Crippen LogP contribution in [0.2, 0.25) is 0 Å². The smallest absolute Gasteiger partial charge is 0.462 e. The van der Waals surface area contributed by atoms with E-state index in [9.17, 15) is 43.2 Å². The molecule has 5 atom stereocenters. The van der Waals surface area contributed by atoms with Crippen molar-refractivity contribution < 1.29 is 80.2 Å². The van der Waals surface area contributed by atoms with Gasteiger partial charge in [-0.1, -0.05) is 310 Å². The molecule has 522 valence electrons. The first-order valence-corrected chi connectivity index (χ1v) is 39.3. The van der Waals surface area contributed by atoms with E-state index in [1.807, 2.05) is 0 Å². The molecular weight excluding hydrogens is 1160 g/mol. The molecule has 19 heteroatoms. The molecule has 0 saturated carbocycles. The van der Waals surface area contributed by atoms with Gasteiger partial charge >= 0.3 is 39.5 Å². The molecule has 0 aliphatic heterocycles. The fourth-order valence-electron chi connectivity index (χ4n) is 10.5. The van der Waals surface area contributed by atoms with Gasteiger partial charge in [0.1, 0.15) is 19.3 Å². The van der Waals surface area contributed by atoms with Crippen molar-refractivity contribution in [3.8, 4) is 0 Å². The van der Waals surface area contributed by atoms with Crippen molar-refractivity contribution in [3.05, 3.63) is 0 Å². The standard InChI is InChI=1S/C69H134O17P2/c1-5-9-13-17-21-25-28-31-33-36-38-42-46-50-54-67(72)80-60-65(86-69(74)56-52-48-44-40-37-34-32-29-26-22-18-14-10-6-2)62-84-88(77,78)82-58-63(70)57-81-87(75,76)83-61-64(59-79-66(71)53-49-45-41-24-20-16-12-8-4)85-68(73)55-51-47-43-39-35-30-27-23-19-15-11-7-3/h63-65,70H,5-62H2,1-4H3,(H,75,76)(H,77,78)/t63-,64+,65+/m0/s1. The van der Waals surface area contributed by atoms with Crippen LogP contribution in [0.4, 0.5) is 0 Å². The number of hydrogen-bond acceptors (Lipinski definition) is 15. The van der Waals surface area contributed by atoms with E-state index in [0.717, 1.165) is 96.3 Å². The summed E-state index contributed by atoms with van der Waals surface area (Å²) in [5.41, 5.74) is 0. The molecule has 0 rings (SSSR count). The summed E-state index contributed by atoms with van der Waals surface area (Å²) in [4.78, 5) is 72.4. The zero-order valence-electron chi connectivity index (χ0n) is 56.7. The number of unbranched alkanes of at least 4 members (excludes halogenated alkanes) is 44. The van der Waals surface area contributed by atoms with Crippen LogP contribution in [0.15, 0.2) is 0 Å². The van der Waals surface area contributed by atoms with Crippen LogP contribution in [0.25, 0.3) is 0 Å². The number of hydrogen-bond donors (Lipinski definition) is 3. The van der Waals surface area contributed by atoms with Crippen molar-refractivity contribution in [3.63, 3.8) is 0 Å². The molecule has 88 heavy (non-hydrogen) atoms. The van der Waals surface area contributed by atoms with Crippen molar-refractivity contribution in [1.82, 2.24) is 0 Å². The van der Waals surface area contributed by atoms with Crippen molar-refractivity contribution in [2.45, 2.75) is 380 Å². The Labute approximate surface area is 537 Å². The SMILES string of the molecule is CCCCCCCCCCCCCCCCC(=O)OC[C@H](COP(=O)(O)OC[C@@H](O)COP(=O)(O)OC[C@@H](COC(=O)CCCCCCCCCC)OC(=O)CCCCCCCCCCCCCC)OC(=O)CCCCCCCCCCCCCCCC. The Bertz CT molecular complexity index is 1690. The molecule has 0 aromatic rings. The highest BCUT2D eigenvalue weighted by Crippen LogP contribution is 2.45. The Morgan fingerprint density at radius 1 is 0.273 bits per heavy atom. The minimum absolute atomic E-state index is 0.108. The van der Waals surface area contributed by atoms with Gasteiger partial charge in [-0.3, -0.25) is 37.3 Å². The fraction of sp³-hybridized carbons (Fsp3) is 0.942. The number of rotatable bonds is 70. The summed E-state index contributed by atoms with van der Waals surface area (Å²) >= 11 is 0. The predicted octanol–water partition coefficient (Wildman–Crippen LogP) is 19.9. The summed E-state index contributed by atoms with van der Waals surface area (Å²) in [6.07, 6.45) is 51.2. The van der Waals surface area contributed by atoms with Crippen LogP contribution in [-0.2, 0) is 65.4 Å². The number of aliphatic hydroxyl groups excluding tert-OH is 1. The van der Waals surface area contributed by atoms with Crippen molar-refractivity contribution >= 4 is 39.5 Å². The Morgan fingerprint density at radius 2 is 0.455 bits per heavy atom. The zero-order valence-corrected chi connectivity index (χ0v) is 58.5. The first-order valence-electron chi connectivity index (χ1n) is 36.3. The third kappa shape index (κ3) is 62.8. The average Bonchev–Trinajstić information content (AvgIpc) is 3.53. The molecule has 0 spiro atoms. The predicted molar refractivity (Wildman–Crippen MR) is 354 cm³/mol. The van der Waals surface area contributed by atoms with Crippen LogP contribution in [-0.4, -0.2) is 96.7 Å². The number of carbonyl (C=O) groups is 4. The number of phosphoric ester groups is 2. The second kappa shape index (κ2) is 63.8. The van der Waals surface area contributed by atoms with Crippen LogP contribution >= 0.6 is 15.6 Å². The molecule has 0 aliphatic carbocycles. The van der Waals surface area contributed by atoms with E-state index in [1.165, 1.54) is 186 Å². The van der Waals surface area contributed by atoms with E-state index in [2.05, 4.69) is 27.7 Å². The van der Waals surface area contributed by atoms with Gasteiger partial charge in [0.25, 0.3) is 0 Å². The molecule has 0 fully saturated rings.